The first-order chi connectivity index (χ1) is 32.3. The van der Waals surface area contributed by atoms with Crippen molar-refractivity contribution < 1.29 is 0 Å². The van der Waals surface area contributed by atoms with Crippen molar-refractivity contribution >= 4 is 173 Å². The number of rotatable bonds is 17. The minimum absolute atomic E-state index is 0.148. The normalized spacial score (nSPS) is 14.1. The molecule has 0 aromatic carbocycles. The van der Waals surface area contributed by atoms with Gasteiger partial charge in [-0.1, -0.05) is 79.1 Å². The molecule has 66 heavy (non-hydrogen) atoms. The van der Waals surface area contributed by atoms with E-state index in [1.807, 2.05) is 91.5 Å². The summed E-state index contributed by atoms with van der Waals surface area (Å²) >= 11 is 16.9. The minimum atomic E-state index is 0.148. The average molecular weight is 1030 g/mol. The van der Waals surface area contributed by atoms with Crippen LogP contribution in [-0.2, 0) is 19.3 Å². The monoisotopic (exact) mass is 1020 g/mol. The summed E-state index contributed by atoms with van der Waals surface area (Å²) in [5.74, 6) is 1.19. The van der Waals surface area contributed by atoms with Gasteiger partial charge in [-0.05, 0) is 95.5 Å². The molecule has 9 aromatic heterocycles. The molecule has 0 radical (unpaired) electrons. The number of fused-ring (bicyclic) bond motifs is 10. The van der Waals surface area contributed by atoms with Crippen molar-refractivity contribution in [2.24, 2.45) is 11.8 Å². The molecule has 0 saturated carbocycles. The molecule has 2 atom stereocenters. The van der Waals surface area contributed by atoms with Crippen molar-refractivity contribution in [3.63, 3.8) is 0 Å². The molecule has 330 valence electrons. The van der Waals surface area contributed by atoms with Crippen LogP contribution in [0.2, 0.25) is 0 Å². The SMILES string of the molecule is [C-]#[N+]/C(C#N)=C\c1sc(-c2cc3c(s2)sc2sc4sc(C5=Cc6c(sc7sc8sc(-c9cc(CC(CC)CCCC)c(/C=C(\C#N)[N+]#[C-])s9)cc8c67)C5)cc4c23)cc1CC(CC)CCCC. The zero-order valence-corrected chi connectivity index (χ0v) is 44.4. The van der Waals surface area contributed by atoms with E-state index in [9.17, 15) is 10.5 Å². The summed E-state index contributed by atoms with van der Waals surface area (Å²) in [5, 5.41) is 26.1. The molecule has 9 aromatic rings. The Balaban J connectivity index is 0.963. The third-order valence-electron chi connectivity index (χ3n) is 12.9. The van der Waals surface area contributed by atoms with E-state index in [-0.39, 0.29) is 11.4 Å². The third kappa shape index (κ3) is 8.51. The van der Waals surface area contributed by atoms with Gasteiger partial charge >= 0.3 is 0 Å². The van der Waals surface area contributed by atoms with E-state index in [0.717, 1.165) is 41.9 Å². The Kier molecular flexibility index (Phi) is 13.4. The van der Waals surface area contributed by atoms with Crippen molar-refractivity contribution in [3.05, 3.63) is 101 Å². The molecule has 0 N–H and O–H groups in total. The van der Waals surface area contributed by atoms with Crippen LogP contribution in [0.4, 0.5) is 0 Å². The van der Waals surface area contributed by atoms with Gasteiger partial charge in [0.25, 0.3) is 11.4 Å². The average Bonchev–Trinajstić information content (AvgIpc) is 4.17. The second-order valence-corrected chi connectivity index (χ2v) is 27.9. The van der Waals surface area contributed by atoms with E-state index < -0.39 is 0 Å². The first kappa shape index (κ1) is 45.6. The lowest BCUT2D eigenvalue weighted by atomic mass is 9.92. The summed E-state index contributed by atoms with van der Waals surface area (Å²) in [6, 6.07) is 16.2. The van der Waals surface area contributed by atoms with Crippen LogP contribution in [-0.4, -0.2) is 0 Å². The van der Waals surface area contributed by atoms with Crippen LogP contribution < -0.4 is 0 Å². The van der Waals surface area contributed by atoms with Crippen LogP contribution in [0.25, 0.3) is 100.0 Å². The summed E-state index contributed by atoms with van der Waals surface area (Å²) in [7, 11) is 0. The number of unbranched alkanes of at least 4 members (excludes halogenated alkanes) is 2. The highest BCUT2D eigenvalue weighted by molar-refractivity contribution is 7.55. The first-order valence-corrected chi connectivity index (χ1v) is 29.9. The predicted octanol–water partition coefficient (Wildman–Crippen LogP) is 20.5. The van der Waals surface area contributed by atoms with Gasteiger partial charge in [-0.15, -0.1) is 102 Å². The van der Waals surface area contributed by atoms with Gasteiger partial charge in [-0.2, -0.15) is 0 Å². The molecule has 1 aliphatic rings. The molecule has 4 nitrogen and oxygen atoms in total. The maximum absolute atomic E-state index is 9.64. The van der Waals surface area contributed by atoms with E-state index in [4.69, 9.17) is 13.1 Å². The van der Waals surface area contributed by atoms with Gasteiger partial charge in [0.1, 0.15) is 0 Å². The zero-order valence-electron chi connectivity index (χ0n) is 37.0. The molecule has 0 amide bonds. The Bertz CT molecular complexity index is 3560. The largest absolute Gasteiger partial charge is 0.263 e. The molecular formula is C53H44N4S9. The summed E-state index contributed by atoms with van der Waals surface area (Å²) in [5.41, 5.74) is 5.64. The molecule has 1 aliphatic carbocycles. The predicted molar refractivity (Wildman–Crippen MR) is 298 cm³/mol. The summed E-state index contributed by atoms with van der Waals surface area (Å²) in [4.78, 5) is 17.0. The molecule has 9 heterocycles. The Hall–Kier alpha value is -4.22. The standard InChI is InChI=1S/C53H44N4S9/c1-7-11-13-28(9-3)15-30-19-43(58-39(30)21-33(26-54)56-5)45-24-37-47-35-17-32(18-42(35)61-52(47)64-50(37)62-45)41-23-36-48-38-25-46(63-51(38)66-53(48)65-49(36)60-41)44-20-31(16-29(10-4)14-12-8-2)40(59-44)22-34(27-55)57-6/h17,19-25,28-29H,7-16,18H2,1-4H3/b33-21+,34-22-. The number of hydrogen-bond donors (Lipinski definition) is 0. The first-order valence-electron chi connectivity index (χ1n) is 22.6. The van der Waals surface area contributed by atoms with Crippen LogP contribution in [0.15, 0.2) is 41.7 Å². The van der Waals surface area contributed by atoms with Crippen LogP contribution in [0.3, 0.4) is 0 Å². The Labute approximate surface area is 422 Å². The van der Waals surface area contributed by atoms with Gasteiger partial charge in [0.05, 0.1) is 45.4 Å². The van der Waals surface area contributed by atoms with Crippen molar-refractivity contribution in [3.8, 4) is 31.6 Å². The van der Waals surface area contributed by atoms with Crippen molar-refractivity contribution in [1.29, 1.82) is 10.5 Å². The highest BCUT2D eigenvalue weighted by Gasteiger charge is 2.27. The van der Waals surface area contributed by atoms with Gasteiger partial charge in [0.2, 0.25) is 0 Å². The molecule has 0 spiro atoms. The molecule has 0 saturated heterocycles. The summed E-state index contributed by atoms with van der Waals surface area (Å²) < 4.78 is 6.94. The molecule has 10 rings (SSSR count). The molecule has 13 heteroatoms. The van der Waals surface area contributed by atoms with Gasteiger partial charge in [-0.3, -0.25) is 0 Å². The van der Waals surface area contributed by atoms with Crippen LogP contribution in [0.1, 0.15) is 115 Å². The maximum Gasteiger partial charge on any atom is 0.263 e. The van der Waals surface area contributed by atoms with Crippen LogP contribution >= 0.6 is 102 Å². The van der Waals surface area contributed by atoms with Crippen molar-refractivity contribution in [1.82, 2.24) is 0 Å². The Morgan fingerprint density at radius 1 is 0.591 bits per heavy atom. The highest BCUT2D eigenvalue weighted by Crippen LogP contribution is 2.55. The van der Waals surface area contributed by atoms with E-state index in [2.05, 4.69) is 85.9 Å². The smallest absolute Gasteiger partial charge is 0.227 e. The number of hydrogen-bond acceptors (Lipinski definition) is 11. The van der Waals surface area contributed by atoms with Gasteiger partial charge in [0.15, 0.2) is 0 Å². The molecule has 0 fully saturated rings. The lowest BCUT2D eigenvalue weighted by molar-refractivity contribution is 0.449. The Morgan fingerprint density at radius 2 is 1.05 bits per heavy atom. The molecule has 0 bridgehead atoms. The topological polar surface area (TPSA) is 56.3 Å². The summed E-state index contributed by atoms with van der Waals surface area (Å²) in [6.45, 7) is 24.2. The fraction of sp³-hybridized carbons (Fsp3) is 0.321. The number of allylic oxidation sites excluding steroid dienone is 3. The lowest BCUT2D eigenvalue weighted by Gasteiger charge is -2.14. The lowest BCUT2D eigenvalue weighted by Crippen LogP contribution is -2.03. The fourth-order valence-corrected chi connectivity index (χ4v) is 21.6. The van der Waals surface area contributed by atoms with Crippen molar-refractivity contribution in [2.45, 2.75) is 98.3 Å². The van der Waals surface area contributed by atoms with E-state index in [1.54, 1.807) is 22.7 Å². The van der Waals surface area contributed by atoms with E-state index in [0.29, 0.717) is 11.8 Å². The van der Waals surface area contributed by atoms with Crippen molar-refractivity contribution in [2.75, 3.05) is 0 Å². The van der Waals surface area contributed by atoms with Crippen LogP contribution in [0, 0.1) is 47.6 Å². The highest BCUT2D eigenvalue weighted by atomic mass is 32.2. The minimum Gasteiger partial charge on any atom is -0.227 e. The van der Waals surface area contributed by atoms with Gasteiger partial charge in [-0.25, -0.2) is 20.2 Å². The zero-order chi connectivity index (χ0) is 45.6. The second-order valence-electron chi connectivity index (χ2n) is 17.1. The van der Waals surface area contributed by atoms with E-state index >= 15 is 0 Å². The van der Waals surface area contributed by atoms with Gasteiger partial charge < -0.3 is 0 Å². The van der Waals surface area contributed by atoms with Crippen LogP contribution in [0.5, 0.6) is 0 Å². The molecule has 0 aliphatic heterocycles. The Morgan fingerprint density at radius 3 is 1.52 bits per heavy atom. The molecular weight excluding hydrogens is 981 g/mol. The number of thiophene rings is 9. The second kappa shape index (κ2) is 19.4. The fourth-order valence-electron chi connectivity index (χ4n) is 9.28. The number of nitriles is 2. The maximum atomic E-state index is 9.64. The quantitative estimate of drug-likeness (QED) is 0.0674. The number of nitrogens with zero attached hydrogens (tertiary/aromatic N) is 4. The summed E-state index contributed by atoms with van der Waals surface area (Å²) in [6.07, 6.45) is 18.5. The van der Waals surface area contributed by atoms with E-state index in [1.165, 1.54) is 137 Å². The van der Waals surface area contributed by atoms with Gasteiger partial charge in [0, 0.05) is 72.4 Å². The molecule has 2 unspecified atom stereocenters. The third-order valence-corrected chi connectivity index (χ3v) is 24.3.